The summed E-state index contributed by atoms with van der Waals surface area (Å²) in [4.78, 5) is 38.0. The first kappa shape index (κ1) is 21.7. The van der Waals surface area contributed by atoms with Gasteiger partial charge in [-0.15, -0.1) is 0 Å². The van der Waals surface area contributed by atoms with Crippen LogP contribution in [0.5, 0.6) is 5.75 Å². The van der Waals surface area contributed by atoms with Crippen molar-refractivity contribution in [3.05, 3.63) is 69.6 Å². The molecule has 31 heavy (non-hydrogen) atoms. The Labute approximate surface area is 180 Å². The Hall–Kier alpha value is -3.99. The van der Waals surface area contributed by atoms with Crippen LogP contribution in [0.15, 0.2) is 53.1 Å². The molecule has 0 spiro atoms. The molecular weight excluding hydrogens is 430 g/mol. The number of non-ortho nitro benzene ring substituents is 1. The average molecular weight is 446 g/mol. The molecule has 0 fully saturated rings. The quantitative estimate of drug-likeness (QED) is 0.289. The number of nitro benzene ring substituents is 1. The van der Waals surface area contributed by atoms with E-state index in [0.717, 1.165) is 0 Å². The van der Waals surface area contributed by atoms with E-state index in [9.17, 15) is 19.7 Å². The van der Waals surface area contributed by atoms with Crippen LogP contribution in [-0.4, -0.2) is 46.6 Å². The Morgan fingerprint density at radius 2 is 1.74 bits per heavy atom. The van der Waals surface area contributed by atoms with E-state index in [2.05, 4.69) is 20.8 Å². The number of aromatic nitrogens is 2. The molecule has 1 aromatic heterocycles. The fourth-order valence-electron chi connectivity index (χ4n) is 2.35. The molecule has 2 amide bonds. The van der Waals surface area contributed by atoms with Crippen molar-refractivity contribution >= 4 is 29.1 Å². The largest absolute Gasteiger partial charge is 0.484 e. The molecule has 0 saturated heterocycles. The Morgan fingerprint density at radius 3 is 2.42 bits per heavy atom. The molecule has 0 aliphatic rings. The molecule has 1 heterocycles. The molecule has 2 aromatic carbocycles. The van der Waals surface area contributed by atoms with Crippen LogP contribution in [-0.2, 0) is 4.79 Å². The molecule has 0 saturated carbocycles. The van der Waals surface area contributed by atoms with Gasteiger partial charge in [-0.1, -0.05) is 16.8 Å². The van der Waals surface area contributed by atoms with Crippen molar-refractivity contribution in [2.24, 2.45) is 0 Å². The second-order valence-electron chi connectivity index (χ2n) is 6.08. The molecule has 0 atom stereocenters. The van der Waals surface area contributed by atoms with Crippen LogP contribution in [0, 0.1) is 10.1 Å². The minimum atomic E-state index is -0.618. The van der Waals surface area contributed by atoms with Crippen LogP contribution in [0.3, 0.4) is 0 Å². The summed E-state index contributed by atoms with van der Waals surface area (Å²) in [6.07, 6.45) is 0. The number of nitrogens with zero attached hydrogens (tertiary/aromatic N) is 3. The second kappa shape index (κ2) is 10.2. The zero-order chi connectivity index (χ0) is 22.2. The molecule has 0 aliphatic heterocycles. The van der Waals surface area contributed by atoms with Crippen molar-refractivity contribution in [2.75, 3.05) is 19.7 Å². The predicted molar refractivity (Wildman–Crippen MR) is 109 cm³/mol. The maximum absolute atomic E-state index is 12.1. The number of carbonyl (C=O) groups is 2. The van der Waals surface area contributed by atoms with Crippen molar-refractivity contribution in [3.63, 3.8) is 0 Å². The van der Waals surface area contributed by atoms with Gasteiger partial charge in [0.15, 0.2) is 6.61 Å². The summed E-state index contributed by atoms with van der Waals surface area (Å²) >= 11 is 5.77. The molecule has 0 bridgehead atoms. The molecule has 12 heteroatoms. The lowest BCUT2D eigenvalue weighted by Gasteiger charge is -2.07. The van der Waals surface area contributed by atoms with Gasteiger partial charge < -0.3 is 19.9 Å². The highest BCUT2D eigenvalue weighted by molar-refractivity contribution is 6.30. The third-order valence-corrected chi connectivity index (χ3v) is 4.12. The number of ether oxygens (including phenoxy) is 1. The van der Waals surface area contributed by atoms with Gasteiger partial charge in [0.1, 0.15) is 5.75 Å². The number of carbonyl (C=O) groups excluding carboxylic acids is 2. The Balaban J connectivity index is 1.40. The maximum Gasteiger partial charge on any atom is 0.316 e. The smallest absolute Gasteiger partial charge is 0.316 e. The van der Waals surface area contributed by atoms with E-state index in [4.69, 9.17) is 20.9 Å². The summed E-state index contributed by atoms with van der Waals surface area (Å²) in [5, 5.41) is 20.1. The number of amides is 2. The fraction of sp³-hybridized carbons (Fsp3) is 0.158. The van der Waals surface area contributed by atoms with Crippen LogP contribution < -0.4 is 15.4 Å². The third-order valence-electron chi connectivity index (χ3n) is 3.87. The van der Waals surface area contributed by atoms with Crippen LogP contribution >= 0.6 is 11.6 Å². The summed E-state index contributed by atoms with van der Waals surface area (Å²) in [5.74, 6) is -0.624. The Kier molecular flexibility index (Phi) is 7.12. The summed E-state index contributed by atoms with van der Waals surface area (Å²) in [6, 6.07) is 12.1. The summed E-state index contributed by atoms with van der Waals surface area (Å²) in [5.41, 5.74) is 0.382. The molecule has 0 unspecified atom stereocenters. The van der Waals surface area contributed by atoms with Crippen LogP contribution in [0.4, 0.5) is 5.69 Å². The lowest BCUT2D eigenvalue weighted by atomic mass is 10.2. The zero-order valence-electron chi connectivity index (χ0n) is 15.9. The molecule has 0 radical (unpaired) electrons. The summed E-state index contributed by atoms with van der Waals surface area (Å²) in [7, 11) is 0. The standard InChI is InChI=1S/C19H16ClN5O6/c20-13-3-7-15(8-4-13)30-11-16(26)21-9-10-22-18(27)19-23-17(24-31-19)12-1-5-14(6-2-12)25(28)29/h1-8H,9-11H2,(H,21,26)(H,22,27). The minimum absolute atomic E-state index is 0.0779. The number of nitro groups is 1. The van der Waals surface area contributed by atoms with E-state index in [0.29, 0.717) is 16.3 Å². The van der Waals surface area contributed by atoms with Crippen LogP contribution in [0.25, 0.3) is 11.4 Å². The van der Waals surface area contributed by atoms with E-state index >= 15 is 0 Å². The van der Waals surface area contributed by atoms with Crippen molar-refractivity contribution in [1.29, 1.82) is 0 Å². The minimum Gasteiger partial charge on any atom is -0.484 e. The molecular formula is C19H16ClN5O6. The molecule has 160 valence electrons. The SMILES string of the molecule is O=C(COc1ccc(Cl)cc1)NCCNC(=O)c1nc(-c2ccc([N+](=O)[O-])cc2)no1. The van der Waals surface area contributed by atoms with Gasteiger partial charge in [-0.25, -0.2) is 0 Å². The van der Waals surface area contributed by atoms with E-state index < -0.39 is 10.8 Å². The zero-order valence-corrected chi connectivity index (χ0v) is 16.7. The van der Waals surface area contributed by atoms with Gasteiger partial charge in [0.2, 0.25) is 5.82 Å². The van der Waals surface area contributed by atoms with Gasteiger partial charge in [0, 0.05) is 35.8 Å². The molecule has 2 N–H and O–H groups in total. The predicted octanol–water partition coefficient (Wildman–Crippen LogP) is 2.22. The highest BCUT2D eigenvalue weighted by atomic mass is 35.5. The van der Waals surface area contributed by atoms with Gasteiger partial charge >= 0.3 is 11.8 Å². The number of nitrogens with one attached hydrogen (secondary N) is 2. The molecule has 3 rings (SSSR count). The lowest BCUT2D eigenvalue weighted by Crippen LogP contribution is -2.36. The average Bonchev–Trinajstić information content (AvgIpc) is 3.27. The van der Waals surface area contributed by atoms with Gasteiger partial charge in [-0.2, -0.15) is 4.98 Å². The fourth-order valence-corrected chi connectivity index (χ4v) is 2.48. The first-order chi connectivity index (χ1) is 14.9. The van der Waals surface area contributed by atoms with Crippen molar-refractivity contribution in [2.45, 2.75) is 0 Å². The number of hydrogen-bond donors (Lipinski definition) is 2. The van der Waals surface area contributed by atoms with E-state index in [1.165, 1.54) is 24.3 Å². The molecule has 0 aliphatic carbocycles. The van der Waals surface area contributed by atoms with Crippen molar-refractivity contribution in [3.8, 4) is 17.1 Å². The van der Waals surface area contributed by atoms with Gasteiger partial charge in [-0.05, 0) is 36.4 Å². The van der Waals surface area contributed by atoms with E-state index in [1.54, 1.807) is 24.3 Å². The first-order valence-electron chi connectivity index (χ1n) is 8.94. The monoisotopic (exact) mass is 445 g/mol. The highest BCUT2D eigenvalue weighted by Gasteiger charge is 2.16. The van der Waals surface area contributed by atoms with Gasteiger partial charge in [0.05, 0.1) is 4.92 Å². The van der Waals surface area contributed by atoms with Crippen LogP contribution in [0.2, 0.25) is 5.02 Å². The van der Waals surface area contributed by atoms with Crippen LogP contribution in [0.1, 0.15) is 10.7 Å². The molecule has 3 aromatic rings. The van der Waals surface area contributed by atoms with Gasteiger partial charge in [-0.3, -0.25) is 19.7 Å². The number of rotatable bonds is 9. The van der Waals surface area contributed by atoms with Gasteiger partial charge in [0.25, 0.3) is 11.6 Å². The Bertz CT molecular complexity index is 1070. The first-order valence-corrected chi connectivity index (χ1v) is 9.32. The van der Waals surface area contributed by atoms with E-state index in [-0.39, 0.29) is 43.0 Å². The van der Waals surface area contributed by atoms with E-state index in [1.807, 2.05) is 0 Å². The van der Waals surface area contributed by atoms with Crippen molar-refractivity contribution in [1.82, 2.24) is 20.8 Å². The number of halogens is 1. The van der Waals surface area contributed by atoms with Crippen molar-refractivity contribution < 1.29 is 23.8 Å². The normalized spacial score (nSPS) is 10.4. The maximum atomic E-state index is 12.1. The summed E-state index contributed by atoms with van der Waals surface area (Å²) < 4.78 is 10.2. The lowest BCUT2D eigenvalue weighted by molar-refractivity contribution is -0.384. The topological polar surface area (TPSA) is 149 Å². The highest BCUT2D eigenvalue weighted by Crippen LogP contribution is 2.19. The second-order valence-corrected chi connectivity index (χ2v) is 6.51. The Morgan fingerprint density at radius 1 is 1.06 bits per heavy atom. The number of benzene rings is 2. The third kappa shape index (κ3) is 6.24. The molecule has 11 nitrogen and oxygen atoms in total. The number of hydrogen-bond acceptors (Lipinski definition) is 8. The summed E-state index contributed by atoms with van der Waals surface area (Å²) in [6.45, 7) is 0.108.